The van der Waals surface area contributed by atoms with Crippen LogP contribution in [0.5, 0.6) is 0 Å². The number of benzene rings is 2. The number of nitrogens with zero attached hydrogens (tertiary/aromatic N) is 4. The Balaban J connectivity index is 2.07. The lowest BCUT2D eigenvalue weighted by atomic mass is 10.2. The molecule has 0 saturated carbocycles. The van der Waals surface area contributed by atoms with Crippen LogP contribution in [0.2, 0.25) is 0 Å². The topological polar surface area (TPSA) is 77.2 Å². The van der Waals surface area contributed by atoms with Gasteiger partial charge in [0.25, 0.3) is 5.16 Å². The third kappa shape index (κ3) is 4.00. The summed E-state index contributed by atoms with van der Waals surface area (Å²) in [5.41, 5.74) is 1.69. The van der Waals surface area contributed by atoms with Crippen LogP contribution in [0, 0.1) is 6.92 Å². The largest absolute Gasteiger partial charge is 0.302 e. The van der Waals surface area contributed by atoms with E-state index in [1.165, 1.54) is 0 Å². The Morgan fingerprint density at radius 3 is 2.20 bits per heavy atom. The molecule has 0 bridgehead atoms. The molecule has 0 unspecified atom stereocenters. The van der Waals surface area contributed by atoms with E-state index >= 15 is 0 Å². The summed E-state index contributed by atoms with van der Waals surface area (Å²) in [4.78, 5) is 12.8. The molecule has 7 heteroatoms. The van der Waals surface area contributed by atoms with Crippen molar-refractivity contribution in [2.45, 2.75) is 17.8 Å². The van der Waals surface area contributed by atoms with E-state index in [4.69, 9.17) is 0 Å². The minimum atomic E-state index is -3.66. The number of para-hydroxylation sites is 1. The monoisotopic (exact) mass is 354 g/mol. The fourth-order valence-corrected chi connectivity index (χ4v) is 3.51. The van der Waals surface area contributed by atoms with E-state index in [1.807, 2.05) is 36.4 Å². The van der Waals surface area contributed by atoms with Crippen molar-refractivity contribution in [3.05, 3.63) is 77.7 Å². The maximum atomic E-state index is 12.7. The first-order valence-corrected chi connectivity index (χ1v) is 9.39. The van der Waals surface area contributed by atoms with Gasteiger partial charge in [-0.1, -0.05) is 48.5 Å². The average molecular weight is 354 g/mol. The molecule has 25 heavy (non-hydrogen) atoms. The van der Waals surface area contributed by atoms with Crippen LogP contribution in [0.4, 0.5) is 5.69 Å². The van der Waals surface area contributed by atoms with Crippen molar-refractivity contribution in [3.8, 4) is 0 Å². The first kappa shape index (κ1) is 17.0. The molecule has 0 saturated heterocycles. The van der Waals surface area contributed by atoms with E-state index in [-0.39, 0.29) is 10.9 Å². The average Bonchev–Trinajstić information content (AvgIpc) is 2.60. The Labute approximate surface area is 146 Å². The van der Waals surface area contributed by atoms with Crippen molar-refractivity contribution >= 4 is 15.5 Å². The third-order valence-electron chi connectivity index (χ3n) is 3.70. The van der Waals surface area contributed by atoms with E-state index in [9.17, 15) is 8.42 Å². The van der Waals surface area contributed by atoms with Gasteiger partial charge in [0.2, 0.25) is 15.5 Å². The fraction of sp³-hybridized carbons (Fsp3) is 0.167. The second kappa shape index (κ2) is 6.98. The number of aromatic nitrogens is 3. The van der Waals surface area contributed by atoms with Crippen molar-refractivity contribution < 1.29 is 8.42 Å². The molecule has 0 aliphatic carbocycles. The Hall–Kier alpha value is -2.80. The molecule has 0 spiro atoms. The van der Waals surface area contributed by atoms with Crippen molar-refractivity contribution in [1.82, 2.24) is 14.5 Å². The maximum Gasteiger partial charge on any atom is 0.252 e. The van der Waals surface area contributed by atoms with E-state index in [0.29, 0.717) is 22.7 Å². The Bertz CT molecular complexity index is 1040. The molecule has 1 heterocycles. The highest BCUT2D eigenvalue weighted by Crippen LogP contribution is 2.12. The summed E-state index contributed by atoms with van der Waals surface area (Å²) in [6.07, 6.45) is 0. The number of hydrogen-bond acceptors (Lipinski definition) is 5. The lowest BCUT2D eigenvalue weighted by Crippen LogP contribution is -2.28. The highest BCUT2D eigenvalue weighted by molar-refractivity contribution is 7.90. The third-order valence-corrected chi connectivity index (χ3v) is 5.15. The Kier molecular flexibility index (Phi) is 4.76. The summed E-state index contributed by atoms with van der Waals surface area (Å²) in [5.74, 6) is 0.377. The molecule has 2 aromatic carbocycles. The summed E-state index contributed by atoms with van der Waals surface area (Å²) < 4.78 is 27.0. The van der Waals surface area contributed by atoms with Crippen molar-refractivity contribution in [2.24, 2.45) is 12.0 Å². The van der Waals surface area contributed by atoms with Crippen LogP contribution < -0.4 is 5.62 Å². The molecule has 128 valence electrons. The molecule has 0 radical (unpaired) electrons. The fourth-order valence-electron chi connectivity index (χ4n) is 2.26. The first-order chi connectivity index (χ1) is 12.0. The van der Waals surface area contributed by atoms with Crippen LogP contribution in [0.3, 0.4) is 0 Å². The summed E-state index contributed by atoms with van der Waals surface area (Å²) in [5, 5.41) is -0.207. The van der Waals surface area contributed by atoms with Gasteiger partial charge in [-0.05, 0) is 24.6 Å². The molecular formula is C18H18N4O2S. The zero-order valence-electron chi connectivity index (χ0n) is 14.0. The lowest BCUT2D eigenvalue weighted by molar-refractivity contribution is 0.573. The van der Waals surface area contributed by atoms with Gasteiger partial charge >= 0.3 is 0 Å². The number of rotatable bonds is 4. The van der Waals surface area contributed by atoms with Crippen molar-refractivity contribution in [1.29, 1.82) is 0 Å². The molecule has 0 fully saturated rings. The highest BCUT2D eigenvalue weighted by atomic mass is 32.2. The standard InChI is InChI=1S/C18H18N4O2S/c1-14-19-18(25(23,24)13-15-9-5-3-6-10-15)21-17(22(14)2)20-16-11-7-4-8-12-16/h3-12H,13H2,1-2H3. The molecule has 6 nitrogen and oxygen atoms in total. The molecular weight excluding hydrogens is 336 g/mol. The van der Waals surface area contributed by atoms with E-state index in [1.54, 1.807) is 42.8 Å². The number of hydrogen-bond donors (Lipinski definition) is 0. The Morgan fingerprint density at radius 2 is 1.56 bits per heavy atom. The molecule has 0 amide bonds. The van der Waals surface area contributed by atoms with Gasteiger partial charge in [0.1, 0.15) is 5.82 Å². The summed E-state index contributed by atoms with van der Waals surface area (Å²) in [6, 6.07) is 18.3. The molecule has 3 rings (SSSR count). The zero-order valence-corrected chi connectivity index (χ0v) is 14.8. The van der Waals surface area contributed by atoms with Gasteiger partial charge in [0, 0.05) is 7.05 Å². The number of aryl methyl sites for hydroxylation is 1. The molecule has 1 aromatic heterocycles. The molecule has 3 aromatic rings. The normalized spacial score (nSPS) is 12.3. The smallest absolute Gasteiger partial charge is 0.252 e. The van der Waals surface area contributed by atoms with E-state index in [2.05, 4.69) is 15.0 Å². The molecule has 0 atom stereocenters. The molecule has 0 N–H and O–H groups in total. The highest BCUT2D eigenvalue weighted by Gasteiger charge is 2.20. The quantitative estimate of drug-likeness (QED) is 0.720. The van der Waals surface area contributed by atoms with Gasteiger partial charge < -0.3 is 4.57 Å². The molecule has 0 aliphatic heterocycles. The van der Waals surface area contributed by atoms with Crippen LogP contribution in [0.1, 0.15) is 11.4 Å². The van der Waals surface area contributed by atoms with Gasteiger partial charge in [0.05, 0.1) is 11.4 Å². The van der Waals surface area contributed by atoms with E-state index in [0.717, 1.165) is 0 Å². The summed E-state index contributed by atoms with van der Waals surface area (Å²) in [7, 11) is -1.91. The van der Waals surface area contributed by atoms with Gasteiger partial charge in [0.15, 0.2) is 0 Å². The second-order valence-corrected chi connectivity index (χ2v) is 7.49. The molecule has 0 aliphatic rings. The van der Waals surface area contributed by atoms with Crippen LogP contribution in [0.25, 0.3) is 0 Å². The van der Waals surface area contributed by atoms with Gasteiger partial charge in [-0.2, -0.15) is 4.98 Å². The summed E-state index contributed by atoms with van der Waals surface area (Å²) in [6.45, 7) is 1.73. The second-order valence-electron chi connectivity index (χ2n) is 5.60. The minimum Gasteiger partial charge on any atom is -0.302 e. The minimum absolute atomic E-state index is 0.147. The van der Waals surface area contributed by atoms with Crippen molar-refractivity contribution in [2.75, 3.05) is 0 Å². The van der Waals surface area contributed by atoms with Crippen LogP contribution >= 0.6 is 0 Å². The van der Waals surface area contributed by atoms with Crippen LogP contribution in [0.15, 0.2) is 70.8 Å². The predicted molar refractivity (Wildman–Crippen MR) is 94.7 cm³/mol. The van der Waals surface area contributed by atoms with Gasteiger partial charge in [-0.25, -0.2) is 18.4 Å². The number of sulfone groups is 1. The Morgan fingerprint density at radius 1 is 0.960 bits per heavy atom. The van der Waals surface area contributed by atoms with Gasteiger partial charge in [-0.15, -0.1) is 0 Å². The predicted octanol–water partition coefficient (Wildman–Crippen LogP) is 2.33. The van der Waals surface area contributed by atoms with E-state index < -0.39 is 9.84 Å². The van der Waals surface area contributed by atoms with Gasteiger partial charge in [-0.3, -0.25) is 0 Å². The maximum absolute atomic E-state index is 12.7. The zero-order chi connectivity index (χ0) is 17.9. The van der Waals surface area contributed by atoms with Crippen LogP contribution in [-0.2, 0) is 22.6 Å². The first-order valence-electron chi connectivity index (χ1n) is 7.74. The summed E-state index contributed by atoms with van der Waals surface area (Å²) >= 11 is 0. The van der Waals surface area contributed by atoms with Crippen molar-refractivity contribution in [3.63, 3.8) is 0 Å². The SMILES string of the molecule is Cc1nc(S(=O)(=O)Cc2ccccc2)nc(=Nc2ccccc2)n1C. The van der Waals surface area contributed by atoms with Crippen LogP contribution in [-0.4, -0.2) is 23.0 Å². The lowest BCUT2D eigenvalue weighted by Gasteiger charge is -2.08.